The Morgan fingerprint density at radius 2 is 2.10 bits per heavy atom. The third kappa shape index (κ3) is 3.03. The van der Waals surface area contributed by atoms with E-state index in [2.05, 4.69) is 5.32 Å². The van der Waals surface area contributed by atoms with E-state index in [1.165, 1.54) is 7.05 Å². The standard InChI is InChI=1S/C5H9NO4.H2/c1-6-3(5(9)10)2-4(7)8;/h3,6H,2H2,1H3,(H,7,8)(H,9,10);1H. The van der Waals surface area contributed by atoms with E-state index in [0.29, 0.717) is 0 Å². The first kappa shape index (κ1) is 8.90. The normalized spacial score (nSPS) is 12.5. The number of carbonyl (C=O) groups is 2. The van der Waals surface area contributed by atoms with Gasteiger partial charge in [0.05, 0.1) is 6.42 Å². The number of hydrogen-bond acceptors (Lipinski definition) is 3. The van der Waals surface area contributed by atoms with Crippen LogP contribution in [0.4, 0.5) is 0 Å². The molecule has 0 aliphatic carbocycles. The summed E-state index contributed by atoms with van der Waals surface area (Å²) in [5.74, 6) is -2.27. The van der Waals surface area contributed by atoms with Gasteiger partial charge in [0.25, 0.3) is 0 Å². The van der Waals surface area contributed by atoms with E-state index < -0.39 is 24.4 Å². The summed E-state index contributed by atoms with van der Waals surface area (Å²) < 4.78 is 0. The molecule has 0 rings (SSSR count). The van der Waals surface area contributed by atoms with Crippen LogP contribution in [0.1, 0.15) is 7.85 Å². The van der Waals surface area contributed by atoms with Crippen LogP contribution in [0.5, 0.6) is 0 Å². The van der Waals surface area contributed by atoms with Crippen molar-refractivity contribution < 1.29 is 21.2 Å². The van der Waals surface area contributed by atoms with E-state index >= 15 is 0 Å². The summed E-state index contributed by atoms with van der Waals surface area (Å²) in [6.07, 6.45) is -0.397. The van der Waals surface area contributed by atoms with Crippen molar-refractivity contribution in [2.75, 3.05) is 7.05 Å². The molecule has 10 heavy (non-hydrogen) atoms. The van der Waals surface area contributed by atoms with Crippen LogP contribution in [0.25, 0.3) is 0 Å². The van der Waals surface area contributed by atoms with E-state index in [4.69, 9.17) is 10.2 Å². The molecule has 0 aromatic heterocycles. The maximum absolute atomic E-state index is 10.1. The second-order valence-corrected chi connectivity index (χ2v) is 1.78. The quantitative estimate of drug-likeness (QED) is 0.496. The number of hydrogen-bond donors (Lipinski definition) is 3. The van der Waals surface area contributed by atoms with Gasteiger partial charge in [-0.2, -0.15) is 0 Å². The molecule has 60 valence electrons. The second kappa shape index (κ2) is 3.84. The summed E-state index contributed by atoms with van der Waals surface area (Å²) in [7, 11) is 1.40. The van der Waals surface area contributed by atoms with Gasteiger partial charge in [-0.05, 0) is 7.05 Å². The summed E-state index contributed by atoms with van der Waals surface area (Å²) in [5.41, 5.74) is 0. The lowest BCUT2D eigenvalue weighted by molar-refractivity contribution is -0.145. The topological polar surface area (TPSA) is 86.6 Å². The molecule has 0 spiro atoms. The molecule has 0 fully saturated rings. The molecule has 0 saturated heterocycles. The van der Waals surface area contributed by atoms with Gasteiger partial charge in [0, 0.05) is 1.43 Å². The SMILES string of the molecule is CNC(CC(=O)O)C(=O)O.[HH]. The Hall–Kier alpha value is -1.10. The fourth-order valence-corrected chi connectivity index (χ4v) is 0.487. The number of carboxylic acids is 2. The molecule has 1 atom stereocenters. The fraction of sp³-hybridized carbons (Fsp3) is 0.600. The third-order valence-electron chi connectivity index (χ3n) is 1.03. The maximum Gasteiger partial charge on any atom is 0.321 e. The van der Waals surface area contributed by atoms with E-state index in [1.54, 1.807) is 0 Å². The van der Waals surface area contributed by atoms with Crippen molar-refractivity contribution >= 4 is 11.9 Å². The Bertz CT molecular complexity index is 149. The lowest BCUT2D eigenvalue weighted by Crippen LogP contribution is -2.35. The zero-order valence-corrected chi connectivity index (χ0v) is 5.50. The molecular weight excluding hydrogens is 138 g/mol. The first-order valence-electron chi connectivity index (χ1n) is 2.69. The zero-order chi connectivity index (χ0) is 8.15. The molecule has 0 amide bonds. The molecule has 0 aromatic rings. The molecule has 0 heterocycles. The van der Waals surface area contributed by atoms with Gasteiger partial charge in [0.15, 0.2) is 0 Å². The minimum atomic E-state index is -1.15. The summed E-state index contributed by atoms with van der Waals surface area (Å²) in [6, 6.07) is -0.988. The molecule has 0 aliphatic rings. The Morgan fingerprint density at radius 1 is 1.60 bits per heavy atom. The second-order valence-electron chi connectivity index (χ2n) is 1.78. The van der Waals surface area contributed by atoms with Crippen molar-refractivity contribution in [1.82, 2.24) is 5.32 Å². The number of carboxylic acid groups (broad SMARTS) is 2. The van der Waals surface area contributed by atoms with E-state index in [0.717, 1.165) is 0 Å². The van der Waals surface area contributed by atoms with Gasteiger partial charge in [-0.1, -0.05) is 0 Å². The average Bonchev–Trinajstić information content (AvgIpc) is 1.81. The van der Waals surface area contributed by atoms with E-state index in [1.807, 2.05) is 0 Å². The molecule has 1 unspecified atom stereocenters. The molecule has 0 radical (unpaired) electrons. The predicted molar refractivity (Wildman–Crippen MR) is 34.9 cm³/mol. The largest absolute Gasteiger partial charge is 0.481 e. The van der Waals surface area contributed by atoms with Crippen LogP contribution >= 0.6 is 0 Å². The van der Waals surface area contributed by atoms with Gasteiger partial charge in [0.1, 0.15) is 6.04 Å². The Kier molecular flexibility index (Phi) is 3.42. The van der Waals surface area contributed by atoms with Crippen LogP contribution in [0.15, 0.2) is 0 Å². The summed E-state index contributed by atoms with van der Waals surface area (Å²) in [6.45, 7) is 0. The monoisotopic (exact) mass is 149 g/mol. The number of rotatable bonds is 4. The minimum Gasteiger partial charge on any atom is -0.481 e. The van der Waals surface area contributed by atoms with Crippen LogP contribution in [0.3, 0.4) is 0 Å². The Morgan fingerprint density at radius 3 is 2.20 bits per heavy atom. The highest BCUT2D eigenvalue weighted by atomic mass is 16.4. The molecule has 0 bridgehead atoms. The Balaban J connectivity index is 0. The summed E-state index contributed by atoms with van der Waals surface area (Å²) in [5, 5.41) is 18.8. The molecule has 5 nitrogen and oxygen atoms in total. The van der Waals surface area contributed by atoms with E-state index in [-0.39, 0.29) is 1.43 Å². The smallest absolute Gasteiger partial charge is 0.321 e. The van der Waals surface area contributed by atoms with Crippen LogP contribution in [-0.2, 0) is 9.59 Å². The molecule has 3 N–H and O–H groups in total. The van der Waals surface area contributed by atoms with Crippen molar-refractivity contribution in [3.05, 3.63) is 0 Å². The Labute approximate surface area is 59.1 Å². The highest BCUT2D eigenvalue weighted by Crippen LogP contribution is 1.89. The van der Waals surface area contributed by atoms with Crippen LogP contribution in [-0.4, -0.2) is 35.2 Å². The minimum absolute atomic E-state index is 0. The molecule has 0 saturated carbocycles. The van der Waals surface area contributed by atoms with Crippen molar-refractivity contribution in [2.24, 2.45) is 0 Å². The van der Waals surface area contributed by atoms with Gasteiger partial charge in [0.2, 0.25) is 0 Å². The van der Waals surface area contributed by atoms with Crippen LogP contribution in [0.2, 0.25) is 0 Å². The van der Waals surface area contributed by atoms with Crippen molar-refractivity contribution in [3.63, 3.8) is 0 Å². The maximum atomic E-state index is 10.1. The van der Waals surface area contributed by atoms with Crippen LogP contribution in [0, 0.1) is 0 Å². The zero-order valence-electron chi connectivity index (χ0n) is 5.50. The third-order valence-corrected chi connectivity index (χ3v) is 1.03. The first-order chi connectivity index (χ1) is 4.57. The van der Waals surface area contributed by atoms with Gasteiger partial charge < -0.3 is 15.5 Å². The predicted octanol–water partition coefficient (Wildman–Crippen LogP) is -0.620. The first-order valence-corrected chi connectivity index (χ1v) is 2.69. The van der Waals surface area contributed by atoms with Gasteiger partial charge >= 0.3 is 11.9 Å². The molecular formula is C5H11NO4. The fourth-order valence-electron chi connectivity index (χ4n) is 0.487. The van der Waals surface area contributed by atoms with Gasteiger partial charge in [-0.15, -0.1) is 0 Å². The average molecular weight is 149 g/mol. The molecule has 5 heteroatoms. The van der Waals surface area contributed by atoms with E-state index in [9.17, 15) is 9.59 Å². The molecule has 0 aliphatic heterocycles. The highest BCUT2D eigenvalue weighted by Gasteiger charge is 2.17. The number of nitrogens with one attached hydrogen (secondary N) is 1. The van der Waals surface area contributed by atoms with Gasteiger partial charge in [-0.3, -0.25) is 9.59 Å². The lowest BCUT2D eigenvalue weighted by atomic mass is 10.2. The molecule has 0 aromatic carbocycles. The summed E-state index contributed by atoms with van der Waals surface area (Å²) in [4.78, 5) is 20.1. The van der Waals surface area contributed by atoms with Crippen molar-refractivity contribution in [3.8, 4) is 0 Å². The van der Waals surface area contributed by atoms with Gasteiger partial charge in [-0.25, -0.2) is 0 Å². The number of aliphatic carboxylic acids is 2. The van der Waals surface area contributed by atoms with Crippen LogP contribution < -0.4 is 5.32 Å². The lowest BCUT2D eigenvalue weighted by Gasteiger charge is -2.06. The number of likely N-dealkylation sites (N-methyl/N-ethyl adjacent to an activating group) is 1. The van der Waals surface area contributed by atoms with Crippen molar-refractivity contribution in [1.29, 1.82) is 0 Å². The highest BCUT2D eigenvalue weighted by molar-refractivity contribution is 5.80. The van der Waals surface area contributed by atoms with Crippen molar-refractivity contribution in [2.45, 2.75) is 12.5 Å². The summed E-state index contributed by atoms with van der Waals surface area (Å²) >= 11 is 0.